The SMILES string of the molecule is CCCNC(Cc1cccc(F)c1F)C1CCOC1. The second kappa shape index (κ2) is 6.96. The Labute approximate surface area is 113 Å². The molecule has 2 nitrogen and oxygen atoms in total. The highest BCUT2D eigenvalue weighted by molar-refractivity contribution is 5.20. The molecule has 1 aliphatic heterocycles. The molecule has 0 bridgehead atoms. The molecule has 2 unspecified atom stereocenters. The molecule has 1 aromatic rings. The Hall–Kier alpha value is -1.00. The summed E-state index contributed by atoms with van der Waals surface area (Å²) in [5.41, 5.74) is 0.445. The van der Waals surface area contributed by atoms with Gasteiger partial charge in [0.15, 0.2) is 11.6 Å². The van der Waals surface area contributed by atoms with Crippen molar-refractivity contribution in [1.82, 2.24) is 5.32 Å². The maximum Gasteiger partial charge on any atom is 0.162 e. The third kappa shape index (κ3) is 3.74. The Morgan fingerprint density at radius 3 is 2.95 bits per heavy atom. The normalized spacial score (nSPS) is 20.7. The number of ether oxygens (including phenoxy) is 1. The highest BCUT2D eigenvalue weighted by Crippen LogP contribution is 2.22. The lowest BCUT2D eigenvalue weighted by atomic mass is 9.92. The molecule has 0 saturated carbocycles. The second-order valence-electron chi connectivity index (χ2n) is 5.10. The van der Waals surface area contributed by atoms with E-state index in [-0.39, 0.29) is 6.04 Å². The molecule has 1 saturated heterocycles. The molecule has 1 fully saturated rings. The van der Waals surface area contributed by atoms with Gasteiger partial charge in [0.1, 0.15) is 0 Å². The highest BCUT2D eigenvalue weighted by Gasteiger charge is 2.26. The second-order valence-corrected chi connectivity index (χ2v) is 5.10. The van der Waals surface area contributed by atoms with E-state index in [2.05, 4.69) is 12.2 Å². The van der Waals surface area contributed by atoms with Crippen molar-refractivity contribution in [3.8, 4) is 0 Å². The molecule has 19 heavy (non-hydrogen) atoms. The van der Waals surface area contributed by atoms with E-state index >= 15 is 0 Å². The first kappa shape index (κ1) is 14.4. The average molecular weight is 269 g/mol. The van der Waals surface area contributed by atoms with E-state index in [0.717, 1.165) is 32.1 Å². The van der Waals surface area contributed by atoms with Crippen molar-refractivity contribution < 1.29 is 13.5 Å². The number of nitrogens with one attached hydrogen (secondary N) is 1. The molecule has 4 heteroatoms. The quantitative estimate of drug-likeness (QED) is 0.857. The van der Waals surface area contributed by atoms with Crippen LogP contribution >= 0.6 is 0 Å². The van der Waals surface area contributed by atoms with Crippen LogP contribution in [-0.2, 0) is 11.2 Å². The fraction of sp³-hybridized carbons (Fsp3) is 0.600. The summed E-state index contributed by atoms with van der Waals surface area (Å²) in [4.78, 5) is 0. The van der Waals surface area contributed by atoms with E-state index in [4.69, 9.17) is 4.74 Å². The van der Waals surface area contributed by atoms with E-state index in [1.165, 1.54) is 0 Å². The smallest absolute Gasteiger partial charge is 0.162 e. The lowest BCUT2D eigenvalue weighted by Gasteiger charge is -2.24. The minimum atomic E-state index is -0.769. The van der Waals surface area contributed by atoms with Gasteiger partial charge in [-0.2, -0.15) is 0 Å². The summed E-state index contributed by atoms with van der Waals surface area (Å²) in [6.45, 7) is 4.45. The van der Waals surface area contributed by atoms with Crippen LogP contribution in [0.4, 0.5) is 8.78 Å². The molecule has 106 valence electrons. The number of hydrogen-bond acceptors (Lipinski definition) is 2. The Balaban J connectivity index is 2.07. The fourth-order valence-corrected chi connectivity index (χ4v) is 2.55. The number of halogens is 2. The van der Waals surface area contributed by atoms with Crippen molar-refractivity contribution in [1.29, 1.82) is 0 Å². The van der Waals surface area contributed by atoms with Gasteiger partial charge in [0, 0.05) is 18.6 Å². The van der Waals surface area contributed by atoms with E-state index in [1.807, 2.05) is 0 Å². The van der Waals surface area contributed by atoms with Gasteiger partial charge < -0.3 is 10.1 Å². The molecule has 0 aliphatic carbocycles. The predicted octanol–water partition coefficient (Wildman–Crippen LogP) is 2.91. The molecular weight excluding hydrogens is 248 g/mol. The van der Waals surface area contributed by atoms with Gasteiger partial charge >= 0.3 is 0 Å². The number of rotatable bonds is 6. The maximum atomic E-state index is 13.7. The number of hydrogen-bond donors (Lipinski definition) is 1. The van der Waals surface area contributed by atoms with Crippen molar-refractivity contribution in [3.63, 3.8) is 0 Å². The van der Waals surface area contributed by atoms with Crippen molar-refractivity contribution in [3.05, 3.63) is 35.4 Å². The standard InChI is InChI=1S/C15H21F2NO/c1-2-7-18-14(12-6-8-19-10-12)9-11-4-3-5-13(16)15(11)17/h3-5,12,14,18H,2,6-10H2,1H3. The van der Waals surface area contributed by atoms with Gasteiger partial charge in [-0.3, -0.25) is 0 Å². The van der Waals surface area contributed by atoms with Crippen molar-refractivity contribution in [2.24, 2.45) is 5.92 Å². The van der Waals surface area contributed by atoms with Crippen LogP contribution in [0.3, 0.4) is 0 Å². The minimum Gasteiger partial charge on any atom is -0.381 e. The molecule has 0 aromatic heterocycles. The van der Waals surface area contributed by atoms with Crippen molar-refractivity contribution in [2.45, 2.75) is 32.2 Å². The van der Waals surface area contributed by atoms with Crippen LogP contribution in [0.2, 0.25) is 0 Å². The first-order valence-corrected chi connectivity index (χ1v) is 6.96. The van der Waals surface area contributed by atoms with Gasteiger partial charge in [-0.05, 0) is 37.4 Å². The van der Waals surface area contributed by atoms with Gasteiger partial charge in [-0.1, -0.05) is 19.1 Å². The molecule has 2 atom stereocenters. The van der Waals surface area contributed by atoms with Crippen LogP contribution in [-0.4, -0.2) is 25.8 Å². The molecule has 2 rings (SSSR count). The van der Waals surface area contributed by atoms with Gasteiger partial charge in [-0.25, -0.2) is 8.78 Å². The van der Waals surface area contributed by atoms with Gasteiger partial charge in [-0.15, -0.1) is 0 Å². The zero-order valence-electron chi connectivity index (χ0n) is 11.3. The van der Waals surface area contributed by atoms with Crippen LogP contribution < -0.4 is 5.32 Å². The van der Waals surface area contributed by atoms with Gasteiger partial charge in [0.25, 0.3) is 0 Å². The summed E-state index contributed by atoms with van der Waals surface area (Å²) >= 11 is 0. The molecule has 0 radical (unpaired) electrons. The molecular formula is C15H21F2NO. The molecule has 0 spiro atoms. The summed E-state index contributed by atoms with van der Waals surface area (Å²) in [7, 11) is 0. The van der Waals surface area contributed by atoms with E-state index < -0.39 is 11.6 Å². The van der Waals surface area contributed by atoms with Crippen LogP contribution in [0.5, 0.6) is 0 Å². The first-order chi connectivity index (χ1) is 9.22. The Morgan fingerprint density at radius 1 is 1.42 bits per heavy atom. The van der Waals surface area contributed by atoms with E-state index in [0.29, 0.717) is 24.5 Å². The lowest BCUT2D eigenvalue weighted by Crippen LogP contribution is -2.39. The molecule has 1 N–H and O–H groups in total. The summed E-state index contributed by atoms with van der Waals surface area (Å²) in [6.07, 6.45) is 2.52. The van der Waals surface area contributed by atoms with E-state index in [1.54, 1.807) is 12.1 Å². The maximum absolute atomic E-state index is 13.7. The molecule has 1 aliphatic rings. The summed E-state index contributed by atoms with van der Waals surface area (Å²) in [6, 6.07) is 4.54. The van der Waals surface area contributed by atoms with Crippen molar-refractivity contribution >= 4 is 0 Å². The zero-order chi connectivity index (χ0) is 13.7. The summed E-state index contributed by atoms with van der Waals surface area (Å²) < 4.78 is 32.4. The highest BCUT2D eigenvalue weighted by atomic mass is 19.2. The number of benzene rings is 1. The topological polar surface area (TPSA) is 21.3 Å². The third-order valence-corrected chi connectivity index (χ3v) is 3.66. The predicted molar refractivity (Wildman–Crippen MR) is 71.1 cm³/mol. The van der Waals surface area contributed by atoms with E-state index in [9.17, 15) is 8.78 Å². The molecule has 1 aromatic carbocycles. The fourth-order valence-electron chi connectivity index (χ4n) is 2.55. The molecule has 0 amide bonds. The van der Waals surface area contributed by atoms with Crippen LogP contribution in [0.15, 0.2) is 18.2 Å². The Kier molecular flexibility index (Phi) is 5.28. The van der Waals surface area contributed by atoms with Crippen LogP contribution in [0.1, 0.15) is 25.3 Å². The average Bonchev–Trinajstić information content (AvgIpc) is 2.93. The monoisotopic (exact) mass is 269 g/mol. The van der Waals surface area contributed by atoms with Crippen LogP contribution in [0, 0.1) is 17.6 Å². The Bertz CT molecular complexity index is 405. The summed E-state index contributed by atoms with van der Waals surface area (Å²) in [5.74, 6) is -1.10. The van der Waals surface area contributed by atoms with Gasteiger partial charge in [0.2, 0.25) is 0 Å². The van der Waals surface area contributed by atoms with Gasteiger partial charge in [0.05, 0.1) is 6.61 Å². The minimum absolute atomic E-state index is 0.152. The lowest BCUT2D eigenvalue weighted by molar-refractivity contribution is 0.176. The zero-order valence-corrected chi connectivity index (χ0v) is 11.3. The Morgan fingerprint density at radius 2 is 2.26 bits per heavy atom. The summed E-state index contributed by atoms with van der Waals surface area (Å²) in [5, 5.41) is 3.44. The van der Waals surface area contributed by atoms with Crippen molar-refractivity contribution in [2.75, 3.05) is 19.8 Å². The largest absolute Gasteiger partial charge is 0.381 e. The first-order valence-electron chi connectivity index (χ1n) is 6.96. The van der Waals surface area contributed by atoms with Crippen LogP contribution in [0.25, 0.3) is 0 Å². The third-order valence-electron chi connectivity index (χ3n) is 3.66. The molecule has 1 heterocycles.